The van der Waals surface area contributed by atoms with Crippen molar-refractivity contribution in [2.75, 3.05) is 59.9 Å². The highest BCUT2D eigenvalue weighted by molar-refractivity contribution is 6.33. The number of fused-ring (bicyclic) bond motifs is 1. The number of hydrogen-bond donors (Lipinski definition) is 1. The normalized spacial score (nSPS) is 22.0. The molecule has 0 radical (unpaired) electrons. The summed E-state index contributed by atoms with van der Waals surface area (Å²) in [7, 11) is 4.08. The number of piperidine rings is 1. The first-order valence-corrected chi connectivity index (χ1v) is 14.4. The van der Waals surface area contributed by atoms with Gasteiger partial charge in [-0.1, -0.05) is 29.8 Å². The first kappa shape index (κ1) is 28.5. The molecule has 2 amide bonds. The summed E-state index contributed by atoms with van der Waals surface area (Å²) in [6.07, 6.45) is 1.73. The Morgan fingerprint density at radius 1 is 1.00 bits per heavy atom. The molecule has 0 spiro atoms. The lowest BCUT2D eigenvalue weighted by Crippen LogP contribution is -2.61. The fourth-order valence-electron chi connectivity index (χ4n) is 6.70. The van der Waals surface area contributed by atoms with E-state index in [1.165, 1.54) is 0 Å². The van der Waals surface area contributed by atoms with Crippen LogP contribution < -0.4 is 4.74 Å². The number of piperazine rings is 1. The van der Waals surface area contributed by atoms with Crippen molar-refractivity contribution in [2.24, 2.45) is 0 Å². The van der Waals surface area contributed by atoms with Gasteiger partial charge in [0.05, 0.1) is 30.2 Å². The van der Waals surface area contributed by atoms with Crippen LogP contribution in [0.5, 0.6) is 5.75 Å². The van der Waals surface area contributed by atoms with Gasteiger partial charge in [-0.3, -0.25) is 9.69 Å². The van der Waals surface area contributed by atoms with Crippen molar-refractivity contribution < 1.29 is 28.7 Å². The van der Waals surface area contributed by atoms with Gasteiger partial charge in [0.15, 0.2) is 0 Å². The van der Waals surface area contributed by atoms with Gasteiger partial charge in [0.1, 0.15) is 11.8 Å². The number of halogens is 1. The molecule has 40 heavy (non-hydrogen) atoms. The van der Waals surface area contributed by atoms with Crippen molar-refractivity contribution >= 4 is 29.6 Å². The Labute approximate surface area is 240 Å². The number of nitrogens with zero attached hydrogens (tertiary/aromatic N) is 4. The summed E-state index contributed by atoms with van der Waals surface area (Å²) in [6.45, 7) is 5.20. The second-order valence-electron chi connectivity index (χ2n) is 11.4. The summed E-state index contributed by atoms with van der Waals surface area (Å²) in [4.78, 5) is 45.0. The molecule has 0 aromatic heterocycles. The summed E-state index contributed by atoms with van der Waals surface area (Å²) in [6, 6.07) is 12.4. The number of carbonyl (C=O) groups is 3. The van der Waals surface area contributed by atoms with E-state index in [1.807, 2.05) is 30.1 Å². The van der Waals surface area contributed by atoms with Crippen LogP contribution in [0.4, 0.5) is 4.79 Å². The fraction of sp³-hybridized carbons (Fsp3) is 0.500. The predicted molar refractivity (Wildman–Crippen MR) is 152 cm³/mol. The summed E-state index contributed by atoms with van der Waals surface area (Å²) >= 11 is 6.55. The summed E-state index contributed by atoms with van der Waals surface area (Å²) in [5.41, 5.74) is 2.55. The van der Waals surface area contributed by atoms with E-state index in [0.717, 1.165) is 76.1 Å². The highest BCUT2D eigenvalue weighted by Gasteiger charge is 2.51. The summed E-state index contributed by atoms with van der Waals surface area (Å²) in [5, 5.41) is 9.59. The zero-order valence-electron chi connectivity index (χ0n) is 23.2. The monoisotopic (exact) mass is 569 g/mol. The molecule has 2 aliphatic heterocycles. The molecule has 2 aromatic rings. The van der Waals surface area contributed by atoms with Gasteiger partial charge in [0.25, 0.3) is 0 Å². The van der Waals surface area contributed by atoms with E-state index in [9.17, 15) is 14.4 Å². The van der Waals surface area contributed by atoms with Crippen LogP contribution in [0.25, 0.3) is 0 Å². The SMILES string of the molecule is CN1CCN(C(=O)CN2CCC([N+](C)(C(=O)c3ccccc3Cl)[C@@H]3CCc4ccc(OC(=O)O)cc43)CC2)CC1. The smallest absolute Gasteiger partial charge is 0.449 e. The number of likely N-dealkylation sites (tertiary alicyclic amines) is 1. The van der Waals surface area contributed by atoms with E-state index in [1.54, 1.807) is 24.3 Å². The Balaban J connectivity index is 1.39. The number of rotatable bonds is 6. The lowest BCUT2D eigenvalue weighted by atomic mass is 9.93. The van der Waals surface area contributed by atoms with Crippen LogP contribution in [0.2, 0.25) is 5.02 Å². The second-order valence-corrected chi connectivity index (χ2v) is 11.8. The van der Waals surface area contributed by atoms with Gasteiger partial charge in [-0.05, 0) is 43.3 Å². The van der Waals surface area contributed by atoms with E-state index >= 15 is 0 Å². The molecule has 1 N–H and O–H groups in total. The molecule has 214 valence electrons. The van der Waals surface area contributed by atoms with E-state index in [4.69, 9.17) is 21.4 Å². The van der Waals surface area contributed by atoms with Gasteiger partial charge >= 0.3 is 12.1 Å². The molecule has 9 nitrogen and oxygen atoms in total. The van der Waals surface area contributed by atoms with Gasteiger partial charge in [-0.2, -0.15) is 0 Å². The first-order valence-electron chi connectivity index (χ1n) is 14.0. The molecule has 2 saturated heterocycles. The zero-order valence-corrected chi connectivity index (χ0v) is 24.0. The van der Waals surface area contributed by atoms with Crippen LogP contribution in [0.1, 0.15) is 46.8 Å². The van der Waals surface area contributed by atoms with Crippen molar-refractivity contribution in [3.05, 3.63) is 64.2 Å². The van der Waals surface area contributed by atoms with Crippen LogP contribution in [0, 0.1) is 0 Å². The van der Waals surface area contributed by atoms with Crippen molar-refractivity contribution in [1.29, 1.82) is 0 Å². The number of quaternary nitrogens is 1. The number of ether oxygens (including phenoxy) is 1. The van der Waals surface area contributed by atoms with Crippen LogP contribution in [-0.4, -0.2) is 108 Å². The maximum atomic E-state index is 14.4. The zero-order chi connectivity index (χ0) is 28.4. The van der Waals surface area contributed by atoms with Crippen LogP contribution in [0.15, 0.2) is 42.5 Å². The van der Waals surface area contributed by atoms with Gasteiger partial charge in [0.2, 0.25) is 5.91 Å². The molecule has 2 aromatic carbocycles. The Morgan fingerprint density at radius 2 is 1.70 bits per heavy atom. The molecular weight excluding hydrogens is 532 g/mol. The minimum absolute atomic E-state index is 0.0127. The Morgan fingerprint density at radius 3 is 2.38 bits per heavy atom. The number of hydrogen-bond acceptors (Lipinski definition) is 6. The molecule has 0 saturated carbocycles. The Kier molecular flexibility index (Phi) is 8.47. The van der Waals surface area contributed by atoms with E-state index < -0.39 is 6.16 Å². The highest BCUT2D eigenvalue weighted by atomic mass is 35.5. The lowest BCUT2D eigenvalue weighted by Gasteiger charge is -2.47. The number of carbonyl (C=O) groups excluding carboxylic acids is 2. The topological polar surface area (TPSA) is 90.4 Å². The minimum Gasteiger partial charge on any atom is -0.449 e. The van der Waals surface area contributed by atoms with Crippen molar-refractivity contribution in [1.82, 2.24) is 14.7 Å². The van der Waals surface area contributed by atoms with Crippen LogP contribution in [-0.2, 0) is 11.2 Å². The van der Waals surface area contributed by atoms with Crippen LogP contribution >= 0.6 is 11.6 Å². The van der Waals surface area contributed by atoms with Gasteiger partial charge in [0, 0.05) is 64.1 Å². The largest absolute Gasteiger partial charge is 0.511 e. The Bertz CT molecular complexity index is 1270. The van der Waals surface area contributed by atoms with E-state index in [-0.39, 0.29) is 34.1 Å². The average Bonchev–Trinajstić information content (AvgIpc) is 3.37. The average molecular weight is 570 g/mol. The number of likely N-dealkylation sites (N-methyl/N-ethyl adjacent to an activating group) is 1. The fourth-order valence-corrected chi connectivity index (χ4v) is 6.91. The second kappa shape index (κ2) is 11.9. The van der Waals surface area contributed by atoms with Crippen LogP contribution in [0.3, 0.4) is 0 Å². The number of carboxylic acid groups (broad SMARTS) is 1. The number of benzene rings is 2. The standard InChI is InChI=1S/C30H37ClN4O5/c1-32-15-17-34(18-16-32)28(36)20-33-13-11-22(12-14-33)35(2,29(37)24-5-3-4-6-26(24)31)27-10-8-21-7-9-23(19-25(21)27)40-30(38)39/h3-7,9,19,22,27H,8,10-18,20H2,1-2H3/p+1/t27-,35?/m1/s1. The molecule has 5 rings (SSSR count). The molecule has 1 aliphatic carbocycles. The third kappa shape index (κ3) is 5.74. The van der Waals surface area contributed by atoms with Crippen molar-refractivity contribution in [3.63, 3.8) is 0 Å². The Hall–Kier alpha value is -2.98. The number of aryl methyl sites for hydroxylation is 1. The first-order chi connectivity index (χ1) is 19.2. The molecule has 10 heteroatoms. The minimum atomic E-state index is -1.36. The summed E-state index contributed by atoms with van der Waals surface area (Å²) < 4.78 is 5.12. The van der Waals surface area contributed by atoms with Crippen molar-refractivity contribution in [3.8, 4) is 5.75 Å². The molecule has 2 atom stereocenters. The number of amides is 2. The van der Waals surface area contributed by atoms with Gasteiger partial charge in [-0.25, -0.2) is 14.1 Å². The third-order valence-corrected chi connectivity index (χ3v) is 9.42. The molecule has 0 bridgehead atoms. The van der Waals surface area contributed by atoms with E-state index in [2.05, 4.69) is 16.8 Å². The summed E-state index contributed by atoms with van der Waals surface area (Å²) in [5.74, 6) is 0.388. The highest BCUT2D eigenvalue weighted by Crippen LogP contribution is 2.45. The molecular formula is C30H38ClN4O5+. The maximum absolute atomic E-state index is 14.4. The quantitative estimate of drug-likeness (QED) is 0.320. The molecule has 1 unspecified atom stereocenters. The van der Waals surface area contributed by atoms with E-state index in [0.29, 0.717) is 17.1 Å². The van der Waals surface area contributed by atoms with Gasteiger partial charge < -0.3 is 19.6 Å². The van der Waals surface area contributed by atoms with Crippen molar-refractivity contribution in [2.45, 2.75) is 37.8 Å². The third-order valence-electron chi connectivity index (χ3n) is 9.09. The van der Waals surface area contributed by atoms with Gasteiger partial charge in [-0.15, -0.1) is 0 Å². The molecule has 2 fully saturated rings. The molecule has 2 heterocycles. The predicted octanol–water partition coefficient (Wildman–Crippen LogP) is 3.91. The molecule has 3 aliphatic rings. The maximum Gasteiger partial charge on any atom is 0.511 e. The lowest BCUT2D eigenvalue weighted by molar-refractivity contribution is -0.887.